The number of nitrogens with one attached hydrogen (secondary N) is 1. The van der Waals surface area contributed by atoms with E-state index in [1.54, 1.807) is 0 Å². The van der Waals surface area contributed by atoms with Crippen molar-refractivity contribution in [2.24, 2.45) is 11.8 Å². The van der Waals surface area contributed by atoms with Crippen LogP contribution in [0.5, 0.6) is 0 Å². The highest BCUT2D eigenvalue weighted by molar-refractivity contribution is 5.58. The van der Waals surface area contributed by atoms with E-state index in [4.69, 9.17) is 0 Å². The predicted molar refractivity (Wildman–Crippen MR) is 73.4 cm³/mol. The molecule has 3 rings (SSSR count). The molecule has 1 heterocycles. The molecular formula is C16H23N. The summed E-state index contributed by atoms with van der Waals surface area (Å²) in [5.41, 5.74) is 3.20. The second-order valence-electron chi connectivity index (χ2n) is 6.54. The summed E-state index contributed by atoms with van der Waals surface area (Å²) in [4.78, 5) is 0. The molecule has 0 unspecified atom stereocenters. The molecule has 92 valence electrons. The summed E-state index contributed by atoms with van der Waals surface area (Å²) in [6.45, 7) is 7.26. The lowest BCUT2D eigenvalue weighted by Gasteiger charge is -2.49. The van der Waals surface area contributed by atoms with Crippen LogP contribution in [0.25, 0.3) is 0 Å². The van der Waals surface area contributed by atoms with E-state index in [1.165, 1.54) is 30.5 Å². The van der Waals surface area contributed by atoms with Crippen LogP contribution in [0.4, 0.5) is 5.69 Å². The lowest BCUT2D eigenvalue weighted by molar-refractivity contribution is 0.174. The molecular weight excluding hydrogens is 206 g/mol. The second-order valence-corrected chi connectivity index (χ2v) is 6.54. The Morgan fingerprint density at radius 1 is 1.18 bits per heavy atom. The minimum atomic E-state index is 0.326. The Kier molecular flexibility index (Phi) is 2.46. The fourth-order valence-corrected chi connectivity index (χ4v) is 3.97. The van der Waals surface area contributed by atoms with Gasteiger partial charge in [0.1, 0.15) is 0 Å². The fourth-order valence-electron chi connectivity index (χ4n) is 3.97. The summed E-state index contributed by atoms with van der Waals surface area (Å²) in [5, 5.41) is 3.78. The van der Waals surface area contributed by atoms with Gasteiger partial charge in [0.2, 0.25) is 0 Å². The molecule has 1 fully saturated rings. The zero-order valence-corrected chi connectivity index (χ0v) is 11.2. The smallest absolute Gasteiger partial charge is 0.0380 e. The third kappa shape index (κ3) is 1.67. The molecule has 0 spiro atoms. The molecule has 1 aromatic carbocycles. The van der Waals surface area contributed by atoms with Gasteiger partial charge in [-0.2, -0.15) is 0 Å². The van der Waals surface area contributed by atoms with E-state index in [9.17, 15) is 0 Å². The second kappa shape index (κ2) is 3.76. The highest BCUT2D eigenvalue weighted by Gasteiger charge is 2.44. The van der Waals surface area contributed by atoms with Gasteiger partial charge in [0.05, 0.1) is 0 Å². The maximum absolute atomic E-state index is 3.78. The van der Waals surface area contributed by atoms with E-state index >= 15 is 0 Å². The molecule has 0 saturated heterocycles. The van der Waals surface area contributed by atoms with Crippen molar-refractivity contribution in [1.29, 1.82) is 0 Å². The van der Waals surface area contributed by atoms with Crippen molar-refractivity contribution in [2.75, 3.05) is 5.32 Å². The molecule has 1 aliphatic heterocycles. The molecule has 2 aliphatic rings. The first-order valence-electron chi connectivity index (χ1n) is 6.95. The van der Waals surface area contributed by atoms with Gasteiger partial charge in [0.15, 0.2) is 0 Å². The molecule has 0 aromatic heterocycles. The Morgan fingerprint density at radius 3 is 2.76 bits per heavy atom. The summed E-state index contributed by atoms with van der Waals surface area (Å²) in [6.07, 6.45) is 4.11. The Labute approximate surface area is 105 Å². The van der Waals surface area contributed by atoms with Crippen LogP contribution in [-0.4, -0.2) is 6.04 Å². The maximum Gasteiger partial charge on any atom is 0.0380 e. The van der Waals surface area contributed by atoms with Gasteiger partial charge >= 0.3 is 0 Å². The number of hydrogen-bond donors (Lipinski definition) is 1. The van der Waals surface area contributed by atoms with Crippen LogP contribution in [0.2, 0.25) is 0 Å². The van der Waals surface area contributed by atoms with Crippen molar-refractivity contribution in [2.45, 2.75) is 51.5 Å². The van der Waals surface area contributed by atoms with Crippen LogP contribution in [0.15, 0.2) is 24.3 Å². The summed E-state index contributed by atoms with van der Waals surface area (Å²) in [5.74, 6) is 1.68. The zero-order chi connectivity index (χ0) is 12.0. The molecule has 0 bridgehead atoms. The van der Waals surface area contributed by atoms with Gasteiger partial charge < -0.3 is 5.32 Å². The SMILES string of the molecule is C[C@H]1CC[C@H]2[C@@H](C1)Nc1ccccc1C2(C)C. The average molecular weight is 229 g/mol. The topological polar surface area (TPSA) is 12.0 Å². The van der Waals surface area contributed by atoms with E-state index < -0.39 is 0 Å². The van der Waals surface area contributed by atoms with Crippen LogP contribution in [-0.2, 0) is 5.41 Å². The van der Waals surface area contributed by atoms with Gasteiger partial charge in [0.25, 0.3) is 0 Å². The van der Waals surface area contributed by atoms with Gasteiger partial charge in [-0.25, -0.2) is 0 Å². The van der Waals surface area contributed by atoms with Gasteiger partial charge in [0, 0.05) is 11.7 Å². The van der Waals surface area contributed by atoms with Gasteiger partial charge in [-0.05, 0) is 41.7 Å². The van der Waals surface area contributed by atoms with Crippen LogP contribution >= 0.6 is 0 Å². The minimum Gasteiger partial charge on any atom is -0.382 e. The highest BCUT2D eigenvalue weighted by Crippen LogP contribution is 2.48. The molecule has 1 nitrogen and oxygen atoms in total. The molecule has 1 aliphatic carbocycles. The molecule has 1 aromatic rings. The molecule has 3 atom stereocenters. The Hall–Kier alpha value is -0.980. The third-order valence-electron chi connectivity index (χ3n) is 5.00. The molecule has 1 N–H and O–H groups in total. The van der Waals surface area contributed by atoms with E-state index in [-0.39, 0.29) is 0 Å². The zero-order valence-electron chi connectivity index (χ0n) is 11.2. The standard InChI is InChI=1S/C16H23N/c1-11-8-9-13-15(10-11)17-14-7-5-4-6-12(14)16(13,2)3/h4-7,11,13,15,17H,8-10H2,1-3H3/t11-,13-,15+/m0/s1. The van der Waals surface area contributed by atoms with E-state index in [0.717, 1.165) is 11.8 Å². The first-order valence-corrected chi connectivity index (χ1v) is 6.95. The number of benzene rings is 1. The van der Waals surface area contributed by atoms with Crippen LogP contribution in [0.1, 0.15) is 45.6 Å². The van der Waals surface area contributed by atoms with Crippen molar-refractivity contribution in [1.82, 2.24) is 0 Å². The van der Waals surface area contributed by atoms with E-state index in [1.807, 2.05) is 0 Å². The lowest BCUT2D eigenvalue weighted by Crippen LogP contribution is -2.48. The minimum absolute atomic E-state index is 0.326. The summed E-state index contributed by atoms with van der Waals surface area (Å²) in [6, 6.07) is 9.55. The number of hydrogen-bond acceptors (Lipinski definition) is 1. The number of fused-ring (bicyclic) bond motifs is 2. The molecule has 1 heteroatoms. The Balaban J connectivity index is 2.03. The van der Waals surface area contributed by atoms with Crippen molar-refractivity contribution in [3.05, 3.63) is 29.8 Å². The highest BCUT2D eigenvalue weighted by atomic mass is 15.0. The van der Waals surface area contributed by atoms with Gasteiger partial charge in [-0.3, -0.25) is 0 Å². The third-order valence-corrected chi connectivity index (χ3v) is 5.00. The summed E-state index contributed by atoms with van der Waals surface area (Å²) >= 11 is 0. The first kappa shape index (κ1) is 11.1. The molecule has 17 heavy (non-hydrogen) atoms. The average Bonchev–Trinajstić information content (AvgIpc) is 2.28. The summed E-state index contributed by atoms with van der Waals surface area (Å²) in [7, 11) is 0. The molecule has 0 radical (unpaired) electrons. The van der Waals surface area contributed by atoms with Crippen LogP contribution in [0.3, 0.4) is 0 Å². The predicted octanol–water partition coefficient (Wildman–Crippen LogP) is 4.19. The normalized spacial score (nSPS) is 34.4. The van der Waals surface area contributed by atoms with E-state index in [0.29, 0.717) is 11.5 Å². The number of rotatable bonds is 0. The van der Waals surface area contributed by atoms with Gasteiger partial charge in [-0.15, -0.1) is 0 Å². The summed E-state index contributed by atoms with van der Waals surface area (Å²) < 4.78 is 0. The molecule has 1 saturated carbocycles. The van der Waals surface area contributed by atoms with Gasteiger partial charge in [-0.1, -0.05) is 45.4 Å². The van der Waals surface area contributed by atoms with Crippen molar-refractivity contribution < 1.29 is 0 Å². The monoisotopic (exact) mass is 229 g/mol. The lowest BCUT2D eigenvalue weighted by atomic mass is 9.61. The Morgan fingerprint density at radius 2 is 1.94 bits per heavy atom. The van der Waals surface area contributed by atoms with Crippen molar-refractivity contribution >= 4 is 5.69 Å². The largest absolute Gasteiger partial charge is 0.382 e. The number of anilines is 1. The van der Waals surface area contributed by atoms with Crippen molar-refractivity contribution in [3.63, 3.8) is 0 Å². The quantitative estimate of drug-likeness (QED) is 0.703. The molecule has 0 amide bonds. The first-order chi connectivity index (χ1) is 8.09. The fraction of sp³-hybridized carbons (Fsp3) is 0.625. The van der Waals surface area contributed by atoms with E-state index in [2.05, 4.69) is 50.4 Å². The number of para-hydroxylation sites is 1. The van der Waals surface area contributed by atoms with Crippen molar-refractivity contribution in [3.8, 4) is 0 Å². The Bertz CT molecular complexity index is 421. The maximum atomic E-state index is 3.78. The van der Waals surface area contributed by atoms with Crippen LogP contribution in [0, 0.1) is 11.8 Å². The van der Waals surface area contributed by atoms with Crippen LogP contribution < -0.4 is 5.32 Å².